The first-order valence-corrected chi connectivity index (χ1v) is 18.4. The predicted octanol–water partition coefficient (Wildman–Crippen LogP) is 3.55. The normalized spacial score (nSPS) is 23.9. The molecule has 3 aliphatic rings. The summed E-state index contributed by atoms with van der Waals surface area (Å²) in [6.45, 7) is 5.76. The lowest BCUT2D eigenvalue weighted by Crippen LogP contribution is -2.65. The minimum absolute atomic E-state index is 0.0602. The van der Waals surface area contributed by atoms with Gasteiger partial charge in [0.1, 0.15) is 11.7 Å². The van der Waals surface area contributed by atoms with Crippen LogP contribution in [0.25, 0.3) is 11.3 Å². The van der Waals surface area contributed by atoms with Crippen molar-refractivity contribution < 1.29 is 9.59 Å². The largest absolute Gasteiger partial charge is 0.338 e. The molecule has 0 aliphatic carbocycles. The molecule has 3 amide bonds. The number of benzene rings is 2. The maximum absolute atomic E-state index is 14.4. The zero-order valence-electron chi connectivity index (χ0n) is 26.8. The molecule has 0 radical (unpaired) electrons. The van der Waals surface area contributed by atoms with Crippen molar-refractivity contribution in [2.75, 3.05) is 69.6 Å². The van der Waals surface area contributed by atoms with Crippen LogP contribution in [0.2, 0.25) is 0 Å². The van der Waals surface area contributed by atoms with E-state index >= 15 is 0 Å². The van der Waals surface area contributed by atoms with Gasteiger partial charge in [-0.15, -0.1) is 0 Å². The Bertz CT molecular complexity index is 1570. The Balaban J connectivity index is 1.17. The van der Waals surface area contributed by atoms with Crippen molar-refractivity contribution in [1.82, 2.24) is 29.2 Å². The third-order valence-electron chi connectivity index (χ3n) is 10.0. The zero-order chi connectivity index (χ0) is 33.1. The molecular formula is C34H44Br2N8O3. The van der Waals surface area contributed by atoms with Gasteiger partial charge in [-0.05, 0) is 50.7 Å². The SMILES string of the molecule is CN1CCC(N2CCN(C(=O)[C@H](CBr)N(C(=O)N3CCC(N)(n4cc(-c5ccccc5)[nH]c4=O)C(Br)C3)c3ccccc3)CC2)CC1. The number of aromatic amines is 1. The number of imidazole rings is 1. The highest BCUT2D eigenvalue weighted by Crippen LogP contribution is 2.33. The first-order valence-electron chi connectivity index (χ1n) is 16.4. The molecule has 1 aromatic heterocycles. The molecule has 11 nitrogen and oxygen atoms in total. The van der Waals surface area contributed by atoms with Crippen molar-refractivity contribution in [1.29, 1.82) is 0 Å². The number of nitrogens with zero attached hydrogens (tertiary/aromatic N) is 6. The van der Waals surface area contributed by atoms with Gasteiger partial charge in [0.05, 0.1) is 10.5 Å². The molecule has 0 saturated carbocycles. The van der Waals surface area contributed by atoms with Gasteiger partial charge in [-0.25, -0.2) is 9.59 Å². The Kier molecular flexibility index (Phi) is 10.6. The molecule has 0 bridgehead atoms. The fraction of sp³-hybridized carbons (Fsp3) is 0.500. The average Bonchev–Trinajstić information content (AvgIpc) is 3.51. The number of nitrogens with two attached hydrogens (primary N) is 1. The van der Waals surface area contributed by atoms with E-state index in [9.17, 15) is 14.4 Å². The number of piperidine rings is 2. The Morgan fingerprint density at radius 2 is 1.60 bits per heavy atom. The van der Waals surface area contributed by atoms with E-state index in [1.807, 2.05) is 65.6 Å². The second-order valence-electron chi connectivity index (χ2n) is 12.9. The lowest BCUT2D eigenvalue weighted by atomic mass is 9.97. The number of carbonyl (C=O) groups is 2. The molecule has 2 unspecified atom stereocenters. The second kappa shape index (κ2) is 14.7. The van der Waals surface area contributed by atoms with E-state index in [1.54, 1.807) is 20.6 Å². The molecular weight excluding hydrogens is 728 g/mol. The van der Waals surface area contributed by atoms with Crippen molar-refractivity contribution >= 4 is 49.5 Å². The molecule has 252 valence electrons. The van der Waals surface area contributed by atoms with Crippen molar-refractivity contribution in [2.45, 2.75) is 41.8 Å². The van der Waals surface area contributed by atoms with Crippen LogP contribution in [0.4, 0.5) is 10.5 Å². The van der Waals surface area contributed by atoms with Crippen molar-refractivity contribution in [3.8, 4) is 11.3 Å². The third-order valence-corrected chi connectivity index (χ3v) is 11.7. The standard InChI is InChI=1S/C34H44Br2N8O3/c1-39-15-12-26(13-16-39)40-18-20-41(21-19-40)31(45)29(22-35)44(27-10-6-3-7-11-27)33(47)42-17-14-34(37,30(36)24-42)43-23-28(38-32(43)46)25-8-4-2-5-9-25/h2-11,23,26,29-30H,12-22,24,37H2,1H3,(H,38,46)/t29-,30?,34?/m0/s1. The van der Waals surface area contributed by atoms with Crippen LogP contribution in [-0.4, -0.2) is 123 Å². The molecule has 2 aromatic carbocycles. The van der Waals surface area contributed by atoms with Crippen LogP contribution in [0.15, 0.2) is 71.7 Å². The number of halogens is 2. The van der Waals surface area contributed by atoms with Crippen LogP contribution in [0.5, 0.6) is 0 Å². The van der Waals surface area contributed by atoms with Gasteiger partial charge in [0.15, 0.2) is 0 Å². The maximum atomic E-state index is 14.4. The van der Waals surface area contributed by atoms with E-state index in [2.05, 4.69) is 53.7 Å². The van der Waals surface area contributed by atoms with Crippen LogP contribution >= 0.6 is 31.9 Å². The topological polar surface area (TPSA) is 114 Å². The fourth-order valence-electron chi connectivity index (χ4n) is 7.12. The number of alkyl halides is 2. The van der Waals surface area contributed by atoms with Gasteiger partial charge in [-0.2, -0.15) is 0 Å². The summed E-state index contributed by atoms with van der Waals surface area (Å²) in [5.41, 5.74) is 7.80. The van der Waals surface area contributed by atoms with E-state index < -0.39 is 16.5 Å². The second-order valence-corrected chi connectivity index (χ2v) is 14.7. The number of H-pyrrole nitrogens is 1. The summed E-state index contributed by atoms with van der Waals surface area (Å²) in [5, 5.41) is 0.301. The van der Waals surface area contributed by atoms with E-state index in [4.69, 9.17) is 5.73 Å². The molecule has 0 spiro atoms. The number of carbonyl (C=O) groups excluding carboxylic acids is 2. The number of rotatable bonds is 7. The van der Waals surface area contributed by atoms with E-state index in [0.717, 1.165) is 44.6 Å². The molecule has 3 aliphatic heterocycles. The zero-order valence-corrected chi connectivity index (χ0v) is 30.0. The summed E-state index contributed by atoms with van der Waals surface area (Å²) in [7, 11) is 2.17. The summed E-state index contributed by atoms with van der Waals surface area (Å²) < 4.78 is 1.54. The molecule has 6 rings (SSSR count). The van der Waals surface area contributed by atoms with Crippen LogP contribution in [0.1, 0.15) is 19.3 Å². The number of likely N-dealkylation sites (tertiary alicyclic amines) is 2. The Morgan fingerprint density at radius 3 is 2.21 bits per heavy atom. The lowest BCUT2D eigenvalue weighted by molar-refractivity contribution is -0.134. The number of aromatic nitrogens is 2. The van der Waals surface area contributed by atoms with E-state index in [1.165, 1.54) is 0 Å². The number of hydrogen-bond acceptors (Lipinski definition) is 6. The predicted molar refractivity (Wildman–Crippen MR) is 192 cm³/mol. The summed E-state index contributed by atoms with van der Waals surface area (Å²) in [5.74, 6) is -0.0602. The summed E-state index contributed by atoms with van der Waals surface area (Å²) in [6, 6.07) is 18.6. The highest BCUT2D eigenvalue weighted by atomic mass is 79.9. The van der Waals surface area contributed by atoms with Gasteiger partial charge in [0.2, 0.25) is 5.91 Å². The number of hydrogen-bond donors (Lipinski definition) is 2. The van der Waals surface area contributed by atoms with Crippen molar-refractivity contribution in [3.63, 3.8) is 0 Å². The number of piperazine rings is 1. The molecule has 3 N–H and O–H groups in total. The molecule has 3 saturated heterocycles. The lowest BCUT2D eigenvalue weighted by Gasteiger charge is -2.46. The Morgan fingerprint density at radius 1 is 0.957 bits per heavy atom. The molecule has 47 heavy (non-hydrogen) atoms. The van der Waals surface area contributed by atoms with Gasteiger partial charge < -0.3 is 25.4 Å². The highest BCUT2D eigenvalue weighted by Gasteiger charge is 2.45. The van der Waals surface area contributed by atoms with Gasteiger partial charge >= 0.3 is 11.7 Å². The smallest absolute Gasteiger partial charge is 0.327 e. The molecule has 4 heterocycles. The van der Waals surface area contributed by atoms with Gasteiger partial charge in [0, 0.05) is 68.9 Å². The third kappa shape index (κ3) is 7.10. The summed E-state index contributed by atoms with van der Waals surface area (Å²) >= 11 is 7.34. The molecule has 3 aromatic rings. The monoisotopic (exact) mass is 770 g/mol. The first-order chi connectivity index (χ1) is 22.7. The Hall–Kier alpha value is -2.97. The Labute approximate surface area is 292 Å². The van der Waals surface area contributed by atoms with Crippen LogP contribution < -0.4 is 16.3 Å². The average molecular weight is 773 g/mol. The fourth-order valence-corrected chi connectivity index (χ4v) is 8.48. The van der Waals surface area contributed by atoms with Crippen LogP contribution in [-0.2, 0) is 10.5 Å². The van der Waals surface area contributed by atoms with Crippen LogP contribution in [0.3, 0.4) is 0 Å². The maximum Gasteiger partial charge on any atom is 0.327 e. The van der Waals surface area contributed by atoms with E-state index in [0.29, 0.717) is 48.8 Å². The minimum atomic E-state index is -1.06. The van der Waals surface area contributed by atoms with Gasteiger partial charge in [-0.1, -0.05) is 80.4 Å². The van der Waals surface area contributed by atoms with Crippen molar-refractivity contribution in [2.24, 2.45) is 5.73 Å². The van der Waals surface area contributed by atoms with Crippen molar-refractivity contribution in [3.05, 3.63) is 77.3 Å². The quantitative estimate of drug-likeness (QED) is 0.356. The first kappa shape index (κ1) is 33.9. The number of para-hydroxylation sites is 1. The molecule has 3 atom stereocenters. The van der Waals surface area contributed by atoms with Gasteiger partial charge in [-0.3, -0.25) is 19.2 Å². The number of nitrogens with one attached hydrogen (secondary N) is 1. The van der Waals surface area contributed by atoms with E-state index in [-0.39, 0.29) is 24.2 Å². The minimum Gasteiger partial charge on any atom is -0.338 e. The number of amides is 3. The molecule has 3 fully saturated rings. The van der Waals surface area contributed by atoms with Gasteiger partial charge in [0.25, 0.3) is 0 Å². The number of urea groups is 1. The highest BCUT2D eigenvalue weighted by molar-refractivity contribution is 9.09. The summed E-state index contributed by atoms with van der Waals surface area (Å²) in [4.78, 5) is 54.4. The summed E-state index contributed by atoms with van der Waals surface area (Å²) in [6.07, 6.45) is 4.42. The van der Waals surface area contributed by atoms with Crippen LogP contribution in [0, 0.1) is 0 Å². The number of anilines is 1. The molecule has 13 heteroatoms.